The third kappa shape index (κ3) is 3.87. The van der Waals surface area contributed by atoms with Gasteiger partial charge < -0.3 is 10.2 Å². The first-order chi connectivity index (χ1) is 9.99. The van der Waals surface area contributed by atoms with E-state index in [9.17, 15) is 14.9 Å². The van der Waals surface area contributed by atoms with Crippen LogP contribution in [0.15, 0.2) is 18.2 Å². The molecule has 114 valence electrons. The SMILES string of the molecule is CN(C)C(=O)c1ccc(NCC2CCSC2)c([N+](=O)[O-])c1. The van der Waals surface area contributed by atoms with Gasteiger partial charge in [-0.1, -0.05) is 0 Å². The van der Waals surface area contributed by atoms with Crippen LogP contribution >= 0.6 is 11.8 Å². The van der Waals surface area contributed by atoms with Crippen molar-refractivity contribution < 1.29 is 9.72 Å². The fraction of sp³-hybridized carbons (Fsp3) is 0.500. The highest BCUT2D eigenvalue weighted by atomic mass is 32.2. The molecule has 1 atom stereocenters. The maximum atomic E-state index is 11.9. The van der Waals surface area contributed by atoms with Gasteiger partial charge in [-0.05, 0) is 36.0 Å². The number of amides is 1. The van der Waals surface area contributed by atoms with Crippen LogP contribution in [0.1, 0.15) is 16.8 Å². The molecule has 0 aromatic heterocycles. The Balaban J connectivity index is 2.16. The number of nitrogens with zero attached hydrogens (tertiary/aromatic N) is 2. The van der Waals surface area contributed by atoms with Crippen LogP contribution in [0.2, 0.25) is 0 Å². The van der Waals surface area contributed by atoms with Crippen molar-refractivity contribution in [1.29, 1.82) is 0 Å². The molecule has 7 heteroatoms. The summed E-state index contributed by atoms with van der Waals surface area (Å²) in [5.74, 6) is 2.57. The largest absolute Gasteiger partial charge is 0.379 e. The number of rotatable bonds is 5. The van der Waals surface area contributed by atoms with Gasteiger partial charge in [0.15, 0.2) is 0 Å². The minimum atomic E-state index is -0.446. The maximum absolute atomic E-state index is 11.9. The highest BCUT2D eigenvalue weighted by molar-refractivity contribution is 7.99. The summed E-state index contributed by atoms with van der Waals surface area (Å²) < 4.78 is 0. The van der Waals surface area contributed by atoms with E-state index in [0.717, 1.165) is 24.5 Å². The lowest BCUT2D eigenvalue weighted by Gasteiger charge is -2.13. The molecule has 1 unspecified atom stereocenters. The Morgan fingerprint density at radius 1 is 1.52 bits per heavy atom. The summed E-state index contributed by atoms with van der Waals surface area (Å²) in [7, 11) is 3.25. The van der Waals surface area contributed by atoms with E-state index in [2.05, 4.69) is 5.32 Å². The van der Waals surface area contributed by atoms with Crippen molar-refractivity contribution in [2.24, 2.45) is 5.92 Å². The number of thioether (sulfide) groups is 1. The minimum absolute atomic E-state index is 0.0478. The zero-order chi connectivity index (χ0) is 15.4. The molecule has 21 heavy (non-hydrogen) atoms. The van der Waals surface area contributed by atoms with Gasteiger partial charge in [0.05, 0.1) is 4.92 Å². The molecule has 1 aromatic carbocycles. The average Bonchev–Trinajstić information content (AvgIpc) is 2.97. The van der Waals surface area contributed by atoms with E-state index in [1.165, 1.54) is 11.0 Å². The van der Waals surface area contributed by atoms with Crippen molar-refractivity contribution in [1.82, 2.24) is 4.90 Å². The van der Waals surface area contributed by atoms with Gasteiger partial charge in [0.25, 0.3) is 11.6 Å². The third-order valence-corrected chi connectivity index (χ3v) is 4.68. The Morgan fingerprint density at radius 3 is 2.86 bits per heavy atom. The predicted molar refractivity (Wildman–Crippen MR) is 85.0 cm³/mol. The van der Waals surface area contributed by atoms with Crippen molar-refractivity contribution in [2.45, 2.75) is 6.42 Å². The van der Waals surface area contributed by atoms with E-state index in [4.69, 9.17) is 0 Å². The molecule has 6 nitrogen and oxygen atoms in total. The van der Waals surface area contributed by atoms with Crippen molar-refractivity contribution in [3.8, 4) is 0 Å². The van der Waals surface area contributed by atoms with Crippen LogP contribution in [0.5, 0.6) is 0 Å². The molecule has 0 radical (unpaired) electrons. The summed E-state index contributed by atoms with van der Waals surface area (Å²) in [5.41, 5.74) is 0.759. The average molecular weight is 309 g/mol. The number of nitrogens with one attached hydrogen (secondary N) is 1. The molecule has 1 saturated heterocycles. The van der Waals surface area contributed by atoms with Crippen molar-refractivity contribution >= 4 is 29.0 Å². The fourth-order valence-electron chi connectivity index (χ4n) is 2.22. The molecule has 0 spiro atoms. The first-order valence-corrected chi connectivity index (χ1v) is 7.96. The Morgan fingerprint density at radius 2 is 2.29 bits per heavy atom. The van der Waals surface area contributed by atoms with Crippen LogP contribution < -0.4 is 5.32 Å². The molecular weight excluding hydrogens is 290 g/mol. The number of nitro groups is 1. The summed E-state index contributed by atoms with van der Waals surface area (Å²) in [6.07, 6.45) is 1.14. The molecule has 1 heterocycles. The predicted octanol–water partition coefficient (Wildman–Crippen LogP) is 2.46. The van der Waals surface area contributed by atoms with Gasteiger partial charge >= 0.3 is 0 Å². The van der Waals surface area contributed by atoms with Gasteiger partial charge in [-0.15, -0.1) is 0 Å². The monoisotopic (exact) mass is 309 g/mol. The fourth-order valence-corrected chi connectivity index (χ4v) is 3.51. The summed E-state index contributed by atoms with van der Waals surface area (Å²) >= 11 is 1.91. The number of anilines is 1. The van der Waals surface area contributed by atoms with Crippen LogP contribution in [0, 0.1) is 16.0 Å². The van der Waals surface area contributed by atoms with E-state index < -0.39 is 4.92 Å². The second-order valence-electron chi connectivity index (χ2n) is 5.30. The molecular formula is C14H19N3O3S. The normalized spacial score (nSPS) is 17.5. The molecule has 1 aliphatic rings. The van der Waals surface area contributed by atoms with Crippen LogP contribution in [-0.4, -0.2) is 47.9 Å². The van der Waals surface area contributed by atoms with Gasteiger partial charge in [0.1, 0.15) is 5.69 Å². The van der Waals surface area contributed by atoms with Gasteiger partial charge in [-0.2, -0.15) is 11.8 Å². The number of carbonyl (C=O) groups excluding carboxylic acids is 1. The molecule has 1 aromatic rings. The second-order valence-corrected chi connectivity index (χ2v) is 6.45. The van der Waals surface area contributed by atoms with Gasteiger partial charge in [-0.3, -0.25) is 14.9 Å². The van der Waals surface area contributed by atoms with Gasteiger partial charge in [-0.25, -0.2) is 0 Å². The quantitative estimate of drug-likeness (QED) is 0.668. The topological polar surface area (TPSA) is 75.5 Å². The molecule has 1 fully saturated rings. The number of carbonyl (C=O) groups is 1. The minimum Gasteiger partial charge on any atom is -0.379 e. The molecule has 0 bridgehead atoms. The standard InChI is InChI=1S/C14H19N3O3S/c1-16(2)14(18)11-3-4-12(13(7-11)17(19)20)15-8-10-5-6-21-9-10/h3-4,7,10,15H,5-6,8-9H2,1-2H3. The number of hydrogen-bond acceptors (Lipinski definition) is 5. The maximum Gasteiger partial charge on any atom is 0.293 e. The lowest BCUT2D eigenvalue weighted by molar-refractivity contribution is -0.384. The summed E-state index contributed by atoms with van der Waals surface area (Å²) in [4.78, 5) is 24.0. The molecule has 1 amide bonds. The summed E-state index contributed by atoms with van der Waals surface area (Å²) in [6, 6.07) is 4.59. The number of nitro benzene ring substituents is 1. The van der Waals surface area contributed by atoms with Gasteiger partial charge in [0, 0.05) is 32.3 Å². The van der Waals surface area contributed by atoms with Crippen molar-refractivity contribution in [2.75, 3.05) is 37.5 Å². The molecule has 1 N–H and O–H groups in total. The van der Waals surface area contributed by atoms with E-state index in [-0.39, 0.29) is 11.6 Å². The molecule has 0 saturated carbocycles. The Bertz CT molecular complexity index is 542. The number of benzene rings is 1. The zero-order valence-corrected chi connectivity index (χ0v) is 13.0. The Hall–Kier alpha value is -1.76. The van der Waals surface area contributed by atoms with Crippen LogP contribution in [0.25, 0.3) is 0 Å². The molecule has 2 rings (SSSR count). The highest BCUT2D eigenvalue weighted by Gasteiger charge is 2.20. The Kier molecular flexibility index (Phi) is 5.06. The van der Waals surface area contributed by atoms with Crippen molar-refractivity contribution in [3.05, 3.63) is 33.9 Å². The first-order valence-electron chi connectivity index (χ1n) is 6.80. The summed E-state index contributed by atoms with van der Waals surface area (Å²) in [5, 5.41) is 14.4. The van der Waals surface area contributed by atoms with E-state index >= 15 is 0 Å². The second kappa shape index (κ2) is 6.80. The lowest BCUT2D eigenvalue weighted by atomic mass is 10.1. The summed E-state index contributed by atoms with van der Waals surface area (Å²) in [6.45, 7) is 0.731. The highest BCUT2D eigenvalue weighted by Crippen LogP contribution is 2.28. The van der Waals surface area contributed by atoms with Gasteiger partial charge in [0.2, 0.25) is 0 Å². The smallest absolute Gasteiger partial charge is 0.293 e. The van der Waals surface area contributed by atoms with E-state index in [1.54, 1.807) is 26.2 Å². The van der Waals surface area contributed by atoms with E-state index in [0.29, 0.717) is 17.2 Å². The Labute approximate surface area is 128 Å². The number of hydrogen-bond donors (Lipinski definition) is 1. The van der Waals surface area contributed by atoms with Crippen LogP contribution in [0.4, 0.5) is 11.4 Å². The third-order valence-electron chi connectivity index (χ3n) is 3.45. The lowest BCUT2D eigenvalue weighted by Crippen LogP contribution is -2.22. The van der Waals surface area contributed by atoms with Crippen LogP contribution in [-0.2, 0) is 0 Å². The van der Waals surface area contributed by atoms with E-state index in [1.807, 2.05) is 11.8 Å². The molecule has 0 aliphatic carbocycles. The van der Waals surface area contributed by atoms with Crippen molar-refractivity contribution in [3.63, 3.8) is 0 Å². The molecule has 1 aliphatic heterocycles. The first kappa shape index (κ1) is 15.6. The van der Waals surface area contributed by atoms with Crippen LogP contribution in [0.3, 0.4) is 0 Å². The zero-order valence-electron chi connectivity index (χ0n) is 12.2.